The molecule has 0 unspecified atom stereocenters. The monoisotopic (exact) mass is 304 g/mol. The van der Waals surface area contributed by atoms with Crippen LogP contribution >= 0.6 is 11.6 Å². The van der Waals surface area contributed by atoms with E-state index in [1.807, 2.05) is 31.3 Å². The molecule has 0 N–H and O–H groups in total. The summed E-state index contributed by atoms with van der Waals surface area (Å²) < 4.78 is 12.7. The molecule has 21 heavy (non-hydrogen) atoms. The van der Waals surface area contributed by atoms with Crippen molar-refractivity contribution in [3.63, 3.8) is 0 Å². The summed E-state index contributed by atoms with van der Waals surface area (Å²) in [5.41, 5.74) is 2.23. The van der Waals surface area contributed by atoms with Crippen LogP contribution in [0.25, 0.3) is 11.2 Å². The van der Waals surface area contributed by atoms with Crippen molar-refractivity contribution in [2.45, 2.75) is 6.61 Å². The second-order valence-corrected chi connectivity index (χ2v) is 4.80. The highest BCUT2D eigenvalue weighted by Gasteiger charge is 2.12. The molecular weight excluding hydrogens is 292 g/mol. The molecule has 2 heterocycles. The van der Waals surface area contributed by atoms with Crippen molar-refractivity contribution in [1.82, 2.24) is 19.5 Å². The average Bonchev–Trinajstić information content (AvgIpc) is 2.86. The standard InChI is InChI=1S/C14H13ClN4O2/c1-19-8-16-12-11(19)13(18-14(15)17-12)21-7-9-3-5-10(20-2)6-4-9/h3-6,8H,7H2,1-2H3. The van der Waals surface area contributed by atoms with Crippen molar-refractivity contribution in [2.75, 3.05) is 7.11 Å². The lowest BCUT2D eigenvalue weighted by molar-refractivity contribution is 0.296. The first-order chi connectivity index (χ1) is 10.2. The predicted molar refractivity (Wildman–Crippen MR) is 78.6 cm³/mol. The molecule has 1 aromatic carbocycles. The zero-order valence-electron chi connectivity index (χ0n) is 11.6. The van der Waals surface area contributed by atoms with Crippen LogP contribution in [0.3, 0.4) is 0 Å². The van der Waals surface area contributed by atoms with Crippen LogP contribution < -0.4 is 9.47 Å². The van der Waals surface area contributed by atoms with Gasteiger partial charge in [0.25, 0.3) is 0 Å². The highest BCUT2D eigenvalue weighted by molar-refractivity contribution is 6.28. The summed E-state index contributed by atoms with van der Waals surface area (Å²) in [4.78, 5) is 12.3. The van der Waals surface area contributed by atoms with E-state index in [4.69, 9.17) is 21.1 Å². The summed E-state index contributed by atoms with van der Waals surface area (Å²) in [6, 6.07) is 7.63. The number of aryl methyl sites for hydroxylation is 1. The molecule has 0 radical (unpaired) electrons. The zero-order chi connectivity index (χ0) is 14.8. The lowest BCUT2D eigenvalue weighted by Gasteiger charge is -2.08. The second kappa shape index (κ2) is 5.57. The number of halogens is 1. The highest BCUT2D eigenvalue weighted by atomic mass is 35.5. The Kier molecular flexibility index (Phi) is 3.62. The molecule has 0 aliphatic carbocycles. The second-order valence-electron chi connectivity index (χ2n) is 4.46. The van der Waals surface area contributed by atoms with Crippen LogP contribution in [0, 0.1) is 0 Å². The molecule has 0 aliphatic rings. The van der Waals surface area contributed by atoms with E-state index in [0.29, 0.717) is 23.7 Å². The maximum atomic E-state index is 5.89. The number of hydrogen-bond donors (Lipinski definition) is 0. The maximum absolute atomic E-state index is 5.89. The minimum absolute atomic E-state index is 0.117. The third kappa shape index (κ3) is 2.75. The Morgan fingerprint density at radius 3 is 2.67 bits per heavy atom. The van der Waals surface area contributed by atoms with Crippen LogP contribution in [0.5, 0.6) is 11.6 Å². The number of rotatable bonds is 4. The van der Waals surface area contributed by atoms with Crippen LogP contribution in [-0.4, -0.2) is 26.6 Å². The van der Waals surface area contributed by atoms with Gasteiger partial charge >= 0.3 is 0 Å². The summed E-state index contributed by atoms with van der Waals surface area (Å²) in [7, 11) is 3.49. The molecule has 0 aliphatic heterocycles. The Balaban J connectivity index is 1.85. The Bertz CT molecular complexity index is 770. The molecule has 0 fully saturated rings. The first kappa shape index (κ1) is 13.6. The number of fused-ring (bicyclic) bond motifs is 1. The minimum atomic E-state index is 0.117. The minimum Gasteiger partial charge on any atom is -0.497 e. The maximum Gasteiger partial charge on any atom is 0.245 e. The van der Waals surface area contributed by atoms with E-state index in [1.165, 1.54) is 0 Å². The van der Waals surface area contributed by atoms with Gasteiger partial charge in [0.2, 0.25) is 11.2 Å². The number of benzene rings is 1. The third-order valence-corrected chi connectivity index (χ3v) is 3.22. The van der Waals surface area contributed by atoms with E-state index >= 15 is 0 Å². The van der Waals surface area contributed by atoms with E-state index in [0.717, 1.165) is 11.3 Å². The summed E-state index contributed by atoms with van der Waals surface area (Å²) in [5.74, 6) is 1.22. The van der Waals surface area contributed by atoms with Crippen molar-refractivity contribution in [2.24, 2.45) is 7.05 Å². The van der Waals surface area contributed by atoms with Crippen molar-refractivity contribution < 1.29 is 9.47 Å². The Morgan fingerprint density at radius 2 is 1.95 bits per heavy atom. The average molecular weight is 305 g/mol. The lowest BCUT2D eigenvalue weighted by atomic mass is 10.2. The molecule has 0 saturated heterocycles. The number of hydrogen-bond acceptors (Lipinski definition) is 5. The molecule has 0 bridgehead atoms. The van der Waals surface area contributed by atoms with Crippen molar-refractivity contribution in [3.05, 3.63) is 41.4 Å². The van der Waals surface area contributed by atoms with E-state index in [9.17, 15) is 0 Å². The smallest absolute Gasteiger partial charge is 0.245 e. The first-order valence-corrected chi connectivity index (χ1v) is 6.65. The summed E-state index contributed by atoms with van der Waals surface area (Å²) >= 11 is 5.89. The van der Waals surface area contributed by atoms with Crippen molar-refractivity contribution in [3.8, 4) is 11.6 Å². The quantitative estimate of drug-likeness (QED) is 0.693. The van der Waals surface area contributed by atoms with E-state index in [-0.39, 0.29) is 5.28 Å². The molecule has 7 heteroatoms. The van der Waals surface area contributed by atoms with Gasteiger partial charge in [-0.1, -0.05) is 12.1 Å². The fourth-order valence-corrected chi connectivity index (χ4v) is 2.13. The zero-order valence-corrected chi connectivity index (χ0v) is 12.3. The number of nitrogens with zero attached hydrogens (tertiary/aromatic N) is 4. The van der Waals surface area contributed by atoms with Crippen molar-refractivity contribution >= 4 is 22.8 Å². The summed E-state index contributed by atoms with van der Waals surface area (Å²) in [6.45, 7) is 0.373. The summed E-state index contributed by atoms with van der Waals surface area (Å²) in [6.07, 6.45) is 1.65. The van der Waals surface area contributed by atoms with Crippen LogP contribution in [0.1, 0.15) is 5.56 Å². The number of methoxy groups -OCH3 is 1. The largest absolute Gasteiger partial charge is 0.497 e. The van der Waals surface area contributed by atoms with Gasteiger partial charge < -0.3 is 14.0 Å². The van der Waals surface area contributed by atoms with Gasteiger partial charge in [-0.25, -0.2) is 4.98 Å². The predicted octanol–water partition coefficient (Wildman–Crippen LogP) is 2.60. The van der Waals surface area contributed by atoms with E-state index < -0.39 is 0 Å². The van der Waals surface area contributed by atoms with Gasteiger partial charge in [0.1, 0.15) is 12.4 Å². The Labute approximate surface area is 126 Å². The number of ether oxygens (including phenoxy) is 2. The van der Waals surface area contributed by atoms with Gasteiger partial charge in [0.15, 0.2) is 11.2 Å². The van der Waals surface area contributed by atoms with Gasteiger partial charge in [0.05, 0.1) is 13.4 Å². The normalized spacial score (nSPS) is 10.8. The lowest BCUT2D eigenvalue weighted by Crippen LogP contribution is -2.01. The molecular formula is C14H13ClN4O2. The number of aromatic nitrogens is 4. The van der Waals surface area contributed by atoms with Crippen LogP contribution in [-0.2, 0) is 13.7 Å². The summed E-state index contributed by atoms with van der Waals surface area (Å²) in [5, 5.41) is 0.117. The molecule has 0 spiro atoms. The molecule has 3 rings (SSSR count). The SMILES string of the molecule is COc1ccc(COc2nc(Cl)nc3ncn(C)c23)cc1. The molecule has 3 aromatic rings. The molecule has 108 valence electrons. The van der Waals surface area contributed by atoms with Gasteiger partial charge in [-0.2, -0.15) is 9.97 Å². The Morgan fingerprint density at radius 1 is 1.19 bits per heavy atom. The van der Waals surface area contributed by atoms with Crippen LogP contribution in [0.4, 0.5) is 0 Å². The van der Waals surface area contributed by atoms with Crippen LogP contribution in [0.2, 0.25) is 5.28 Å². The third-order valence-electron chi connectivity index (χ3n) is 3.05. The number of imidazole rings is 1. The molecule has 0 amide bonds. The highest BCUT2D eigenvalue weighted by Crippen LogP contribution is 2.23. The van der Waals surface area contributed by atoms with E-state index in [1.54, 1.807) is 18.0 Å². The molecule has 2 aromatic heterocycles. The van der Waals surface area contributed by atoms with Gasteiger partial charge in [-0.05, 0) is 29.3 Å². The Hall–Kier alpha value is -2.34. The fraction of sp³-hybridized carbons (Fsp3) is 0.214. The van der Waals surface area contributed by atoms with E-state index in [2.05, 4.69) is 15.0 Å². The van der Waals surface area contributed by atoms with Gasteiger partial charge in [-0.3, -0.25) is 0 Å². The topological polar surface area (TPSA) is 62.1 Å². The molecule has 6 nitrogen and oxygen atoms in total. The first-order valence-electron chi connectivity index (χ1n) is 6.27. The fourth-order valence-electron chi connectivity index (χ4n) is 1.97. The molecule has 0 saturated carbocycles. The van der Waals surface area contributed by atoms with Gasteiger partial charge in [0, 0.05) is 7.05 Å². The molecule has 0 atom stereocenters. The van der Waals surface area contributed by atoms with Crippen molar-refractivity contribution in [1.29, 1.82) is 0 Å². The van der Waals surface area contributed by atoms with Gasteiger partial charge in [-0.15, -0.1) is 0 Å². The van der Waals surface area contributed by atoms with Crippen LogP contribution in [0.15, 0.2) is 30.6 Å².